The van der Waals surface area contributed by atoms with Crippen LogP contribution >= 0.6 is 0 Å². The van der Waals surface area contributed by atoms with E-state index in [-0.39, 0.29) is 17.1 Å². The lowest BCUT2D eigenvalue weighted by Gasteiger charge is -2.07. The second kappa shape index (κ2) is 5.44. The molecule has 0 saturated carbocycles. The number of benzene rings is 2. The van der Waals surface area contributed by atoms with E-state index in [1.165, 1.54) is 31.4 Å². The second-order valence-corrected chi connectivity index (χ2v) is 4.15. The molecule has 0 bridgehead atoms. The van der Waals surface area contributed by atoms with Gasteiger partial charge in [-0.05, 0) is 41.5 Å². The number of aromatic hydroxyl groups is 2. The third kappa shape index (κ3) is 2.61. The fourth-order valence-corrected chi connectivity index (χ4v) is 1.86. The zero-order valence-electron chi connectivity index (χ0n) is 10.7. The van der Waals surface area contributed by atoms with E-state index < -0.39 is 5.97 Å². The molecule has 0 atom stereocenters. The van der Waals surface area contributed by atoms with Crippen LogP contribution in [0.3, 0.4) is 0 Å². The van der Waals surface area contributed by atoms with Gasteiger partial charge in [0.2, 0.25) is 0 Å². The van der Waals surface area contributed by atoms with Crippen LogP contribution in [0.2, 0.25) is 0 Å². The molecule has 0 heterocycles. The number of hydrogen-bond donors (Lipinski definition) is 2. The number of esters is 1. The van der Waals surface area contributed by atoms with Crippen molar-refractivity contribution in [1.29, 1.82) is 0 Å². The number of phenols is 2. The Balaban J connectivity index is 2.49. The zero-order chi connectivity index (χ0) is 14.7. The topological polar surface area (TPSA) is 83.8 Å². The van der Waals surface area contributed by atoms with E-state index >= 15 is 0 Å². The largest absolute Gasteiger partial charge is 0.508 e. The summed E-state index contributed by atoms with van der Waals surface area (Å²) in [6.45, 7) is 0. The summed E-state index contributed by atoms with van der Waals surface area (Å²) in [5.41, 5.74) is 1.48. The highest BCUT2D eigenvalue weighted by molar-refractivity contribution is 5.93. The van der Waals surface area contributed by atoms with Crippen molar-refractivity contribution in [3.8, 4) is 22.6 Å². The van der Waals surface area contributed by atoms with Crippen LogP contribution in [0.25, 0.3) is 11.1 Å². The van der Waals surface area contributed by atoms with Gasteiger partial charge in [-0.3, -0.25) is 4.79 Å². The van der Waals surface area contributed by atoms with E-state index in [0.717, 1.165) is 0 Å². The SMILES string of the molecule is COC(=O)c1ccc(-c2cc(O)cc(C=O)c2)cc1O. The molecule has 0 amide bonds. The molecular formula is C15H12O5. The normalized spacial score (nSPS) is 10.1. The zero-order valence-corrected chi connectivity index (χ0v) is 10.7. The molecule has 0 aromatic heterocycles. The summed E-state index contributed by atoms with van der Waals surface area (Å²) in [5, 5.41) is 19.4. The van der Waals surface area contributed by atoms with Gasteiger partial charge in [-0.25, -0.2) is 4.79 Å². The number of methoxy groups -OCH3 is 1. The smallest absolute Gasteiger partial charge is 0.341 e. The van der Waals surface area contributed by atoms with Gasteiger partial charge in [0.15, 0.2) is 0 Å². The van der Waals surface area contributed by atoms with Crippen molar-refractivity contribution in [3.05, 3.63) is 47.5 Å². The maximum atomic E-state index is 11.4. The van der Waals surface area contributed by atoms with Gasteiger partial charge in [0.25, 0.3) is 0 Å². The first-order valence-corrected chi connectivity index (χ1v) is 5.76. The molecule has 0 aliphatic carbocycles. The summed E-state index contributed by atoms with van der Waals surface area (Å²) in [6.07, 6.45) is 0.617. The third-order valence-corrected chi connectivity index (χ3v) is 2.81. The van der Waals surface area contributed by atoms with Crippen molar-refractivity contribution in [2.75, 3.05) is 7.11 Å². The molecule has 102 valence electrons. The highest BCUT2D eigenvalue weighted by atomic mass is 16.5. The summed E-state index contributed by atoms with van der Waals surface area (Å²) in [4.78, 5) is 22.1. The summed E-state index contributed by atoms with van der Waals surface area (Å²) < 4.78 is 4.53. The number of phenolic OH excluding ortho intramolecular Hbond substituents is 2. The molecule has 2 N–H and O–H groups in total. The minimum Gasteiger partial charge on any atom is -0.508 e. The number of hydrogen-bond acceptors (Lipinski definition) is 5. The van der Waals surface area contributed by atoms with Crippen molar-refractivity contribution >= 4 is 12.3 Å². The summed E-state index contributed by atoms with van der Waals surface area (Å²) in [5.74, 6) is -0.926. The maximum Gasteiger partial charge on any atom is 0.341 e. The van der Waals surface area contributed by atoms with Crippen LogP contribution in [0.15, 0.2) is 36.4 Å². The lowest BCUT2D eigenvalue weighted by atomic mass is 10.0. The molecule has 0 unspecified atom stereocenters. The molecule has 0 radical (unpaired) electrons. The molecule has 0 aliphatic heterocycles. The maximum absolute atomic E-state index is 11.4. The summed E-state index contributed by atoms with van der Waals surface area (Å²) in [7, 11) is 1.22. The van der Waals surface area contributed by atoms with Gasteiger partial charge < -0.3 is 14.9 Å². The molecule has 2 aromatic carbocycles. The third-order valence-electron chi connectivity index (χ3n) is 2.81. The van der Waals surface area contributed by atoms with Crippen molar-refractivity contribution in [2.24, 2.45) is 0 Å². The molecule has 0 saturated heterocycles. The highest BCUT2D eigenvalue weighted by Crippen LogP contribution is 2.29. The molecule has 5 nitrogen and oxygen atoms in total. The Morgan fingerprint density at radius 3 is 2.45 bits per heavy atom. The Morgan fingerprint density at radius 1 is 1.10 bits per heavy atom. The highest BCUT2D eigenvalue weighted by Gasteiger charge is 2.12. The van der Waals surface area contributed by atoms with Crippen molar-refractivity contribution in [1.82, 2.24) is 0 Å². The lowest BCUT2D eigenvalue weighted by Crippen LogP contribution is -2.01. The number of aldehydes is 1. The van der Waals surface area contributed by atoms with Gasteiger partial charge in [-0.1, -0.05) is 6.07 Å². The fourth-order valence-electron chi connectivity index (χ4n) is 1.86. The van der Waals surface area contributed by atoms with E-state index in [9.17, 15) is 19.8 Å². The molecule has 2 aromatic rings. The van der Waals surface area contributed by atoms with Crippen LogP contribution in [-0.4, -0.2) is 29.6 Å². The minimum absolute atomic E-state index is 0.0482. The number of ether oxygens (including phenoxy) is 1. The molecule has 0 fully saturated rings. The quantitative estimate of drug-likeness (QED) is 0.662. The van der Waals surface area contributed by atoms with Gasteiger partial charge in [0, 0.05) is 5.56 Å². The summed E-state index contributed by atoms with van der Waals surface area (Å²) >= 11 is 0. The molecule has 20 heavy (non-hydrogen) atoms. The predicted octanol–water partition coefficient (Wildman–Crippen LogP) is 2.36. The van der Waals surface area contributed by atoms with Crippen molar-refractivity contribution in [3.63, 3.8) is 0 Å². The van der Waals surface area contributed by atoms with Crippen LogP contribution in [0.1, 0.15) is 20.7 Å². The molecule has 5 heteroatoms. The van der Waals surface area contributed by atoms with Crippen LogP contribution in [0.4, 0.5) is 0 Å². The van der Waals surface area contributed by atoms with Gasteiger partial charge in [-0.15, -0.1) is 0 Å². The molecular weight excluding hydrogens is 260 g/mol. The molecule has 0 spiro atoms. The van der Waals surface area contributed by atoms with E-state index in [4.69, 9.17) is 0 Å². The summed E-state index contributed by atoms with van der Waals surface area (Å²) in [6, 6.07) is 8.74. The Labute approximate surface area is 115 Å². The van der Waals surface area contributed by atoms with E-state index in [0.29, 0.717) is 23.0 Å². The second-order valence-electron chi connectivity index (χ2n) is 4.15. The number of rotatable bonds is 3. The van der Waals surface area contributed by atoms with Crippen molar-refractivity contribution in [2.45, 2.75) is 0 Å². The van der Waals surface area contributed by atoms with Gasteiger partial charge in [-0.2, -0.15) is 0 Å². The molecule has 0 aliphatic rings. The Kier molecular flexibility index (Phi) is 3.70. The Morgan fingerprint density at radius 2 is 1.85 bits per heavy atom. The van der Waals surface area contributed by atoms with Crippen LogP contribution in [0, 0.1) is 0 Å². The van der Waals surface area contributed by atoms with Crippen LogP contribution < -0.4 is 0 Å². The lowest BCUT2D eigenvalue weighted by molar-refractivity contribution is 0.0597. The van der Waals surface area contributed by atoms with Crippen molar-refractivity contribution < 1.29 is 24.5 Å². The first-order valence-electron chi connectivity index (χ1n) is 5.76. The average molecular weight is 272 g/mol. The molecule has 2 rings (SSSR count). The fraction of sp³-hybridized carbons (Fsp3) is 0.0667. The first kappa shape index (κ1) is 13.6. The van der Waals surface area contributed by atoms with E-state index in [2.05, 4.69) is 4.74 Å². The van der Waals surface area contributed by atoms with Gasteiger partial charge in [0.1, 0.15) is 23.3 Å². The van der Waals surface area contributed by atoms with E-state index in [1.807, 2.05) is 0 Å². The minimum atomic E-state index is -0.640. The van der Waals surface area contributed by atoms with Crippen LogP contribution in [0.5, 0.6) is 11.5 Å². The monoisotopic (exact) mass is 272 g/mol. The predicted molar refractivity (Wildman–Crippen MR) is 71.9 cm³/mol. The number of carbonyl (C=O) groups excluding carboxylic acids is 2. The van der Waals surface area contributed by atoms with Gasteiger partial charge in [0.05, 0.1) is 7.11 Å². The standard InChI is InChI=1S/C15H12O5/c1-20-15(19)13-3-2-10(7-14(13)18)11-4-9(8-16)5-12(17)6-11/h2-8,17-18H,1H3. The van der Waals surface area contributed by atoms with E-state index in [1.54, 1.807) is 12.1 Å². The van der Waals surface area contributed by atoms with Gasteiger partial charge >= 0.3 is 5.97 Å². The average Bonchev–Trinajstić information content (AvgIpc) is 2.45. The first-order chi connectivity index (χ1) is 9.55. The van der Waals surface area contributed by atoms with Crippen LogP contribution in [-0.2, 0) is 4.74 Å². The number of carbonyl (C=O) groups is 2. The Hall–Kier alpha value is -2.82. The Bertz CT molecular complexity index is 676.